The predicted octanol–water partition coefficient (Wildman–Crippen LogP) is 3.89. The second-order valence-electron chi connectivity index (χ2n) is 4.60. The fraction of sp³-hybridized carbons (Fsp3) is 0.0588. The van der Waals surface area contributed by atoms with E-state index in [9.17, 15) is 4.79 Å². The van der Waals surface area contributed by atoms with E-state index in [0.717, 1.165) is 16.7 Å². The number of halogens is 1. The zero-order chi connectivity index (χ0) is 14.7. The number of oxime groups is 1. The Hall–Kier alpha value is -2.39. The number of benzene rings is 2. The molecule has 3 rings (SSSR count). The molecule has 3 nitrogen and oxygen atoms in total. The van der Waals surface area contributed by atoms with Crippen LogP contribution in [0.1, 0.15) is 5.56 Å². The van der Waals surface area contributed by atoms with Crippen molar-refractivity contribution in [1.29, 1.82) is 0 Å². The number of hydrogen-bond donors (Lipinski definition) is 0. The van der Waals surface area contributed by atoms with Crippen LogP contribution in [0.3, 0.4) is 0 Å². The molecule has 1 heterocycles. The predicted molar refractivity (Wildman–Crippen MR) is 84.1 cm³/mol. The smallest absolute Gasteiger partial charge is 0.312 e. The first-order valence-electron chi connectivity index (χ1n) is 6.49. The molecule has 0 saturated heterocycles. The van der Waals surface area contributed by atoms with Crippen LogP contribution in [-0.4, -0.2) is 17.6 Å². The van der Waals surface area contributed by atoms with E-state index in [2.05, 4.69) is 22.1 Å². The van der Waals surface area contributed by atoms with Crippen LogP contribution in [0.15, 0.2) is 65.3 Å². The molecule has 0 unspecified atom stereocenters. The quantitative estimate of drug-likeness (QED) is 0.490. The summed E-state index contributed by atoms with van der Waals surface area (Å²) in [5.41, 5.74) is 4.06. The standard InChI is InChI=1S/C17H12ClNO2/c18-11-16-15(17(20)21-19-16)10-12-6-8-14(9-7-12)13-4-2-1-3-5-13/h1-10H,11H2. The van der Waals surface area contributed by atoms with Gasteiger partial charge in [-0.3, -0.25) is 0 Å². The molecular formula is C17H12ClNO2. The van der Waals surface area contributed by atoms with E-state index in [1.54, 1.807) is 6.08 Å². The fourth-order valence-corrected chi connectivity index (χ4v) is 2.31. The summed E-state index contributed by atoms with van der Waals surface area (Å²) in [6, 6.07) is 18.0. The Kier molecular flexibility index (Phi) is 3.84. The van der Waals surface area contributed by atoms with Crippen molar-refractivity contribution < 1.29 is 9.63 Å². The number of alkyl halides is 1. The van der Waals surface area contributed by atoms with Crippen LogP contribution >= 0.6 is 11.6 Å². The molecule has 2 aromatic rings. The Morgan fingerprint density at radius 2 is 1.67 bits per heavy atom. The van der Waals surface area contributed by atoms with Gasteiger partial charge in [0, 0.05) is 0 Å². The molecular weight excluding hydrogens is 286 g/mol. The first-order valence-corrected chi connectivity index (χ1v) is 7.03. The molecule has 0 N–H and O–H groups in total. The molecule has 0 atom stereocenters. The first kappa shape index (κ1) is 13.6. The minimum atomic E-state index is -0.460. The molecule has 4 heteroatoms. The van der Waals surface area contributed by atoms with E-state index in [4.69, 9.17) is 11.6 Å². The Morgan fingerprint density at radius 3 is 2.33 bits per heavy atom. The van der Waals surface area contributed by atoms with Gasteiger partial charge in [-0.05, 0) is 22.8 Å². The Labute approximate surface area is 127 Å². The third kappa shape index (κ3) is 2.88. The summed E-state index contributed by atoms with van der Waals surface area (Å²) in [6.07, 6.45) is 1.74. The Bertz CT molecular complexity index is 718. The molecule has 0 amide bonds. The highest BCUT2D eigenvalue weighted by molar-refractivity contribution is 6.38. The van der Waals surface area contributed by atoms with Crippen LogP contribution in [0.25, 0.3) is 17.2 Å². The number of carbonyl (C=O) groups is 1. The normalized spacial score (nSPS) is 16.0. The van der Waals surface area contributed by atoms with Crippen LogP contribution in [0, 0.1) is 0 Å². The second-order valence-corrected chi connectivity index (χ2v) is 4.86. The van der Waals surface area contributed by atoms with Gasteiger partial charge in [-0.25, -0.2) is 4.79 Å². The van der Waals surface area contributed by atoms with Crippen molar-refractivity contribution in [2.75, 3.05) is 5.88 Å². The number of carbonyl (C=O) groups excluding carboxylic acids is 1. The largest absolute Gasteiger partial charge is 0.367 e. The van der Waals surface area contributed by atoms with Crippen LogP contribution in [0.2, 0.25) is 0 Å². The topological polar surface area (TPSA) is 38.7 Å². The van der Waals surface area contributed by atoms with Crippen molar-refractivity contribution in [2.24, 2.45) is 5.16 Å². The summed E-state index contributed by atoms with van der Waals surface area (Å²) in [6.45, 7) is 0. The summed E-state index contributed by atoms with van der Waals surface area (Å²) in [5.74, 6) is -0.308. The molecule has 104 valence electrons. The maximum Gasteiger partial charge on any atom is 0.367 e. The first-order chi connectivity index (χ1) is 10.3. The van der Waals surface area contributed by atoms with Gasteiger partial charge in [0.15, 0.2) is 0 Å². The van der Waals surface area contributed by atoms with Gasteiger partial charge in [0.05, 0.1) is 11.5 Å². The maximum absolute atomic E-state index is 11.6. The van der Waals surface area contributed by atoms with Gasteiger partial charge in [0.25, 0.3) is 0 Å². The van der Waals surface area contributed by atoms with Gasteiger partial charge in [-0.1, -0.05) is 59.8 Å². The van der Waals surface area contributed by atoms with Gasteiger partial charge < -0.3 is 4.84 Å². The molecule has 0 radical (unpaired) electrons. The molecule has 0 aromatic heterocycles. The third-order valence-electron chi connectivity index (χ3n) is 3.22. The minimum absolute atomic E-state index is 0.152. The molecule has 0 saturated carbocycles. The van der Waals surface area contributed by atoms with E-state index in [1.165, 1.54) is 0 Å². The molecule has 1 aliphatic rings. The number of nitrogens with zero attached hydrogens (tertiary/aromatic N) is 1. The molecule has 2 aromatic carbocycles. The Morgan fingerprint density at radius 1 is 1.00 bits per heavy atom. The average molecular weight is 298 g/mol. The molecule has 0 aliphatic carbocycles. The molecule has 0 spiro atoms. The summed E-state index contributed by atoms with van der Waals surface area (Å²) in [7, 11) is 0. The van der Waals surface area contributed by atoms with Gasteiger partial charge in [-0.2, -0.15) is 0 Å². The zero-order valence-corrected chi connectivity index (χ0v) is 11.9. The Balaban J connectivity index is 1.88. The molecule has 0 fully saturated rings. The van der Waals surface area contributed by atoms with Crippen molar-refractivity contribution in [3.8, 4) is 11.1 Å². The SMILES string of the molecule is O=C1ON=C(CCl)C1=Cc1ccc(-c2ccccc2)cc1. The maximum atomic E-state index is 11.6. The lowest BCUT2D eigenvalue weighted by atomic mass is 10.0. The van der Waals surface area contributed by atoms with E-state index >= 15 is 0 Å². The summed E-state index contributed by atoms with van der Waals surface area (Å²) in [5, 5.41) is 3.64. The lowest BCUT2D eigenvalue weighted by Gasteiger charge is -2.02. The van der Waals surface area contributed by atoms with Crippen molar-refractivity contribution in [1.82, 2.24) is 0 Å². The molecule has 1 aliphatic heterocycles. The monoisotopic (exact) mass is 297 g/mol. The minimum Gasteiger partial charge on any atom is -0.312 e. The highest BCUT2D eigenvalue weighted by Crippen LogP contribution is 2.21. The second kappa shape index (κ2) is 5.94. The summed E-state index contributed by atoms with van der Waals surface area (Å²) in [4.78, 5) is 16.2. The lowest BCUT2D eigenvalue weighted by molar-refractivity contribution is -0.136. The zero-order valence-electron chi connectivity index (χ0n) is 11.1. The summed E-state index contributed by atoms with van der Waals surface area (Å²) >= 11 is 5.74. The number of hydrogen-bond acceptors (Lipinski definition) is 3. The highest BCUT2D eigenvalue weighted by Gasteiger charge is 2.24. The van der Waals surface area contributed by atoms with Crippen molar-refractivity contribution >= 4 is 29.4 Å². The van der Waals surface area contributed by atoms with Crippen molar-refractivity contribution in [2.45, 2.75) is 0 Å². The van der Waals surface area contributed by atoms with Gasteiger partial charge in [-0.15, -0.1) is 11.6 Å². The van der Waals surface area contributed by atoms with Crippen LogP contribution in [0.5, 0.6) is 0 Å². The fourth-order valence-electron chi connectivity index (χ4n) is 2.12. The van der Waals surface area contributed by atoms with E-state index < -0.39 is 5.97 Å². The van der Waals surface area contributed by atoms with Gasteiger partial charge >= 0.3 is 5.97 Å². The van der Waals surface area contributed by atoms with Gasteiger partial charge in [0.1, 0.15) is 5.71 Å². The number of rotatable bonds is 3. The lowest BCUT2D eigenvalue weighted by Crippen LogP contribution is -2.06. The van der Waals surface area contributed by atoms with Crippen LogP contribution < -0.4 is 0 Å². The van der Waals surface area contributed by atoms with Crippen LogP contribution in [-0.2, 0) is 9.63 Å². The molecule has 0 bridgehead atoms. The van der Waals surface area contributed by atoms with Crippen molar-refractivity contribution in [3.63, 3.8) is 0 Å². The van der Waals surface area contributed by atoms with E-state index in [1.807, 2.05) is 42.5 Å². The van der Waals surface area contributed by atoms with Gasteiger partial charge in [0.2, 0.25) is 0 Å². The molecule has 21 heavy (non-hydrogen) atoms. The van der Waals surface area contributed by atoms with Crippen molar-refractivity contribution in [3.05, 3.63) is 65.7 Å². The van der Waals surface area contributed by atoms with Crippen LogP contribution in [0.4, 0.5) is 0 Å². The van der Waals surface area contributed by atoms with E-state index in [0.29, 0.717) is 11.3 Å². The average Bonchev–Trinajstić information content (AvgIpc) is 2.89. The third-order valence-corrected chi connectivity index (χ3v) is 3.48. The summed E-state index contributed by atoms with van der Waals surface area (Å²) < 4.78 is 0. The van der Waals surface area contributed by atoms with E-state index in [-0.39, 0.29) is 5.88 Å². The highest BCUT2D eigenvalue weighted by atomic mass is 35.5.